The van der Waals surface area contributed by atoms with Crippen LogP contribution in [0.25, 0.3) is 0 Å². The number of hydrogen-bond donors (Lipinski definition) is 0. The Bertz CT molecular complexity index is 1120. The van der Waals surface area contributed by atoms with Crippen molar-refractivity contribution >= 4 is 21.6 Å². The summed E-state index contributed by atoms with van der Waals surface area (Å²) >= 11 is 1.02. The third kappa shape index (κ3) is 5.57. The van der Waals surface area contributed by atoms with E-state index in [1.54, 1.807) is 6.26 Å². The minimum atomic E-state index is -4.99. The fourth-order valence-electron chi connectivity index (χ4n) is 3.53. The van der Waals surface area contributed by atoms with Gasteiger partial charge in [0, 0.05) is 17.7 Å². The molecule has 1 fully saturated rings. The van der Waals surface area contributed by atoms with Crippen LogP contribution < -0.4 is 4.74 Å². The minimum absolute atomic E-state index is 0.0321. The van der Waals surface area contributed by atoms with Gasteiger partial charge in [0.1, 0.15) is 11.9 Å². The highest BCUT2D eigenvalue weighted by molar-refractivity contribution is 7.98. The highest BCUT2D eigenvalue weighted by Crippen LogP contribution is 2.44. The molecule has 0 saturated carbocycles. The van der Waals surface area contributed by atoms with Gasteiger partial charge in [0.2, 0.25) is 0 Å². The van der Waals surface area contributed by atoms with Gasteiger partial charge in [-0.3, -0.25) is 4.98 Å². The summed E-state index contributed by atoms with van der Waals surface area (Å²) in [5, 5.41) is 0. The van der Waals surface area contributed by atoms with Crippen LogP contribution in [0.3, 0.4) is 0 Å². The predicted octanol–water partition coefficient (Wildman–Crippen LogP) is 5.81. The van der Waals surface area contributed by atoms with Gasteiger partial charge in [0.05, 0.1) is 20.9 Å². The second-order valence-electron chi connectivity index (χ2n) is 7.60. The summed E-state index contributed by atoms with van der Waals surface area (Å²) in [6, 6.07) is 5.00. The lowest BCUT2D eigenvalue weighted by atomic mass is 9.94. The van der Waals surface area contributed by atoms with E-state index in [1.807, 2.05) is 0 Å². The Morgan fingerprint density at radius 2 is 1.88 bits per heavy atom. The van der Waals surface area contributed by atoms with Crippen LogP contribution in [0.1, 0.15) is 37.1 Å². The Morgan fingerprint density at radius 1 is 1.18 bits per heavy atom. The van der Waals surface area contributed by atoms with Crippen molar-refractivity contribution in [3.63, 3.8) is 0 Å². The number of hydrogen-bond acceptors (Lipinski definition) is 6. The average Bonchev–Trinajstić information content (AvgIpc) is 2.71. The zero-order valence-corrected chi connectivity index (χ0v) is 19.0. The molecule has 0 spiro atoms. The summed E-state index contributed by atoms with van der Waals surface area (Å²) in [7, 11) is -4.17. The third-order valence-corrected chi connectivity index (χ3v) is 8.61. The lowest BCUT2D eigenvalue weighted by Crippen LogP contribution is -2.42. The maximum Gasteiger partial charge on any atom is 0.573 e. The third-order valence-electron chi connectivity index (χ3n) is 5.30. The van der Waals surface area contributed by atoms with E-state index in [2.05, 4.69) is 9.72 Å². The van der Waals surface area contributed by atoms with Gasteiger partial charge in [-0.2, -0.15) is 13.2 Å². The van der Waals surface area contributed by atoms with Crippen LogP contribution in [0.15, 0.2) is 46.3 Å². The standard InChI is InChI=1S/C20H19F6NO4S2/c1-18(33(28,29)14-5-3-4-13(9-14)31-20(24,25)26)6-7-30-15(10-18)17-16(32-2)8-12(11-27-17)19(21,22)23/h3-5,8-9,11,15H,6-7,10H2,1-2H3. The average molecular weight is 515 g/mol. The molecule has 1 saturated heterocycles. The Kier molecular flexibility index (Phi) is 6.98. The van der Waals surface area contributed by atoms with Crippen molar-refractivity contribution in [2.75, 3.05) is 12.9 Å². The lowest BCUT2D eigenvalue weighted by Gasteiger charge is -2.38. The highest BCUT2D eigenvalue weighted by atomic mass is 32.2. The molecule has 5 nitrogen and oxygen atoms in total. The highest BCUT2D eigenvalue weighted by Gasteiger charge is 2.46. The summed E-state index contributed by atoms with van der Waals surface area (Å²) in [4.78, 5) is 3.74. The second-order valence-corrected chi connectivity index (χ2v) is 10.9. The molecule has 0 bridgehead atoms. The molecule has 1 aromatic heterocycles. The largest absolute Gasteiger partial charge is 0.573 e. The molecule has 2 heterocycles. The number of pyridine rings is 1. The van der Waals surface area contributed by atoms with Crippen molar-refractivity contribution in [1.82, 2.24) is 4.98 Å². The van der Waals surface area contributed by atoms with Gasteiger partial charge >= 0.3 is 12.5 Å². The number of nitrogens with zero attached hydrogens (tertiary/aromatic N) is 1. The first kappa shape index (κ1) is 25.6. The molecule has 3 rings (SSSR count). The summed E-state index contributed by atoms with van der Waals surface area (Å²) in [5.74, 6) is -0.676. The predicted molar refractivity (Wildman–Crippen MR) is 108 cm³/mol. The van der Waals surface area contributed by atoms with Gasteiger partial charge in [-0.25, -0.2) is 8.42 Å². The van der Waals surface area contributed by atoms with Crippen LogP contribution >= 0.6 is 11.8 Å². The molecule has 13 heteroatoms. The SMILES string of the molecule is CSc1cc(C(F)(F)F)cnc1C1CC(C)(S(=O)(=O)c2cccc(OC(F)(F)F)c2)CCO1. The van der Waals surface area contributed by atoms with Gasteiger partial charge in [-0.15, -0.1) is 24.9 Å². The first-order chi connectivity index (χ1) is 15.2. The molecule has 2 atom stereocenters. The van der Waals surface area contributed by atoms with Crippen LogP contribution in [0.5, 0.6) is 5.75 Å². The van der Waals surface area contributed by atoms with Crippen LogP contribution in [-0.2, 0) is 20.8 Å². The molecule has 0 aliphatic carbocycles. The topological polar surface area (TPSA) is 65.5 Å². The van der Waals surface area contributed by atoms with Gasteiger partial charge in [0.25, 0.3) is 0 Å². The monoisotopic (exact) mass is 515 g/mol. The Hall–Kier alpha value is -1.99. The molecule has 2 aromatic rings. The molecule has 1 aliphatic rings. The zero-order valence-electron chi connectivity index (χ0n) is 17.3. The molecule has 1 aromatic carbocycles. The van der Waals surface area contributed by atoms with E-state index in [1.165, 1.54) is 6.92 Å². The van der Waals surface area contributed by atoms with E-state index in [4.69, 9.17) is 4.74 Å². The van der Waals surface area contributed by atoms with Crippen LogP contribution in [0, 0.1) is 0 Å². The molecule has 1 aliphatic heterocycles. The van der Waals surface area contributed by atoms with Gasteiger partial charge in [-0.1, -0.05) is 6.07 Å². The number of halogens is 6. The molecule has 33 heavy (non-hydrogen) atoms. The van der Waals surface area contributed by atoms with Crippen molar-refractivity contribution in [2.45, 2.75) is 52.9 Å². The van der Waals surface area contributed by atoms with Crippen molar-refractivity contribution in [3.8, 4) is 5.75 Å². The van der Waals surface area contributed by atoms with Crippen molar-refractivity contribution in [2.24, 2.45) is 0 Å². The maximum atomic E-state index is 13.4. The normalized spacial score (nSPS) is 22.2. The van der Waals surface area contributed by atoms with E-state index >= 15 is 0 Å². The fourth-order valence-corrected chi connectivity index (χ4v) is 5.99. The fraction of sp³-hybridized carbons (Fsp3) is 0.450. The second kappa shape index (κ2) is 8.99. The number of rotatable bonds is 5. The number of thioether (sulfide) groups is 1. The zero-order chi connectivity index (χ0) is 24.7. The van der Waals surface area contributed by atoms with Crippen molar-refractivity contribution < 1.29 is 44.2 Å². The number of aromatic nitrogens is 1. The van der Waals surface area contributed by atoms with Crippen LogP contribution in [0.2, 0.25) is 0 Å². The van der Waals surface area contributed by atoms with Crippen LogP contribution in [-0.4, -0.2) is 37.4 Å². The number of sulfone groups is 1. The van der Waals surface area contributed by atoms with E-state index in [9.17, 15) is 34.8 Å². The van der Waals surface area contributed by atoms with Gasteiger partial charge in [0.15, 0.2) is 9.84 Å². The van der Waals surface area contributed by atoms with Crippen molar-refractivity contribution in [1.29, 1.82) is 0 Å². The summed E-state index contributed by atoms with van der Waals surface area (Å²) < 4.78 is 112. The first-order valence-electron chi connectivity index (χ1n) is 9.49. The summed E-state index contributed by atoms with van der Waals surface area (Å²) in [6.07, 6.45) is -8.39. The van der Waals surface area contributed by atoms with E-state index in [-0.39, 0.29) is 34.9 Å². The quantitative estimate of drug-likeness (QED) is 0.370. The van der Waals surface area contributed by atoms with Gasteiger partial charge in [-0.05, 0) is 50.3 Å². The Morgan fingerprint density at radius 3 is 2.48 bits per heavy atom. The number of benzene rings is 1. The summed E-state index contributed by atoms with van der Waals surface area (Å²) in [6.45, 7) is 1.40. The first-order valence-corrected chi connectivity index (χ1v) is 12.2. The van der Waals surface area contributed by atoms with Crippen molar-refractivity contribution in [3.05, 3.63) is 47.8 Å². The van der Waals surface area contributed by atoms with Crippen LogP contribution in [0.4, 0.5) is 26.3 Å². The van der Waals surface area contributed by atoms with E-state index in [0.717, 1.165) is 42.1 Å². The molecule has 2 unspecified atom stereocenters. The molecule has 182 valence electrons. The van der Waals surface area contributed by atoms with Gasteiger partial charge < -0.3 is 9.47 Å². The summed E-state index contributed by atoms with van der Waals surface area (Å²) in [5.41, 5.74) is -0.769. The van der Waals surface area contributed by atoms with E-state index < -0.39 is 44.5 Å². The Labute approximate surface area is 190 Å². The maximum absolute atomic E-state index is 13.4. The minimum Gasteiger partial charge on any atom is -0.406 e. The Balaban J connectivity index is 1.94. The molecular weight excluding hydrogens is 496 g/mol. The number of ether oxygens (including phenoxy) is 2. The molecule has 0 N–H and O–H groups in total. The number of alkyl halides is 6. The lowest BCUT2D eigenvalue weighted by molar-refractivity contribution is -0.274. The molecular formula is C20H19F6NO4S2. The smallest absolute Gasteiger partial charge is 0.406 e. The molecule has 0 radical (unpaired) electrons. The van der Waals surface area contributed by atoms with E-state index in [0.29, 0.717) is 6.20 Å². The molecule has 0 amide bonds.